The zero-order valence-electron chi connectivity index (χ0n) is 12.5. The number of carbonyl (C=O) groups is 1. The molecule has 0 aliphatic heterocycles. The SMILES string of the molecule is CN=C(NCCC(=O)NC(C)C)NC(C)C(C)C. The molecule has 0 heterocycles. The zero-order valence-corrected chi connectivity index (χ0v) is 12.5. The first-order valence-electron chi connectivity index (χ1n) is 6.63. The molecule has 0 bridgehead atoms. The molecule has 0 aromatic carbocycles. The van der Waals surface area contributed by atoms with Crippen molar-refractivity contribution in [3.63, 3.8) is 0 Å². The lowest BCUT2D eigenvalue weighted by molar-refractivity contribution is -0.121. The van der Waals surface area contributed by atoms with E-state index in [0.29, 0.717) is 24.9 Å². The Morgan fingerprint density at radius 2 is 1.72 bits per heavy atom. The summed E-state index contributed by atoms with van der Waals surface area (Å²) in [6.45, 7) is 10.9. The van der Waals surface area contributed by atoms with Gasteiger partial charge in [-0.05, 0) is 26.7 Å². The van der Waals surface area contributed by atoms with Crippen LogP contribution in [0.5, 0.6) is 0 Å². The first-order chi connectivity index (χ1) is 8.36. The highest BCUT2D eigenvalue weighted by molar-refractivity contribution is 5.81. The Hall–Kier alpha value is -1.26. The summed E-state index contributed by atoms with van der Waals surface area (Å²) >= 11 is 0. The molecule has 0 radical (unpaired) electrons. The predicted molar refractivity (Wildman–Crippen MR) is 76.7 cm³/mol. The number of amides is 1. The summed E-state index contributed by atoms with van der Waals surface area (Å²) in [5.74, 6) is 1.34. The third-order valence-electron chi connectivity index (χ3n) is 2.68. The lowest BCUT2D eigenvalue weighted by atomic mass is 10.1. The highest BCUT2D eigenvalue weighted by Gasteiger charge is 2.09. The van der Waals surface area contributed by atoms with Crippen LogP contribution < -0.4 is 16.0 Å². The lowest BCUT2D eigenvalue weighted by Crippen LogP contribution is -2.45. The molecule has 5 nitrogen and oxygen atoms in total. The van der Waals surface area contributed by atoms with Crippen molar-refractivity contribution in [3.05, 3.63) is 0 Å². The maximum Gasteiger partial charge on any atom is 0.221 e. The van der Waals surface area contributed by atoms with E-state index < -0.39 is 0 Å². The third kappa shape index (κ3) is 7.92. The number of nitrogens with one attached hydrogen (secondary N) is 3. The van der Waals surface area contributed by atoms with Crippen molar-refractivity contribution in [2.24, 2.45) is 10.9 Å². The normalized spacial score (nSPS) is 13.7. The Kier molecular flexibility index (Phi) is 8.16. The van der Waals surface area contributed by atoms with E-state index >= 15 is 0 Å². The van der Waals surface area contributed by atoms with Crippen LogP contribution in [0, 0.1) is 5.92 Å². The topological polar surface area (TPSA) is 65.5 Å². The Balaban J connectivity index is 3.92. The molecule has 0 saturated carbocycles. The molecule has 3 N–H and O–H groups in total. The fourth-order valence-electron chi connectivity index (χ4n) is 1.27. The molecule has 1 atom stereocenters. The third-order valence-corrected chi connectivity index (χ3v) is 2.68. The van der Waals surface area contributed by atoms with Crippen LogP contribution in [0.4, 0.5) is 0 Å². The minimum Gasteiger partial charge on any atom is -0.356 e. The van der Waals surface area contributed by atoms with Gasteiger partial charge in [-0.25, -0.2) is 0 Å². The van der Waals surface area contributed by atoms with Gasteiger partial charge >= 0.3 is 0 Å². The minimum absolute atomic E-state index is 0.0601. The number of hydrogen-bond acceptors (Lipinski definition) is 2. The molecule has 5 heteroatoms. The van der Waals surface area contributed by atoms with Gasteiger partial charge in [0.15, 0.2) is 5.96 Å². The van der Waals surface area contributed by atoms with Gasteiger partial charge in [0.1, 0.15) is 0 Å². The van der Waals surface area contributed by atoms with Gasteiger partial charge in [0, 0.05) is 32.1 Å². The molecule has 0 aromatic rings. The highest BCUT2D eigenvalue weighted by atomic mass is 16.1. The van der Waals surface area contributed by atoms with Crippen LogP contribution in [-0.4, -0.2) is 37.5 Å². The second-order valence-corrected chi connectivity index (χ2v) is 5.15. The van der Waals surface area contributed by atoms with Crippen LogP contribution >= 0.6 is 0 Å². The second kappa shape index (κ2) is 8.78. The van der Waals surface area contributed by atoms with Crippen molar-refractivity contribution in [3.8, 4) is 0 Å². The second-order valence-electron chi connectivity index (χ2n) is 5.15. The van der Waals surface area contributed by atoms with Crippen molar-refractivity contribution >= 4 is 11.9 Å². The van der Waals surface area contributed by atoms with Crippen molar-refractivity contribution in [1.29, 1.82) is 0 Å². The summed E-state index contributed by atoms with van der Waals surface area (Å²) in [6.07, 6.45) is 0.453. The van der Waals surface area contributed by atoms with E-state index in [-0.39, 0.29) is 11.9 Å². The molecule has 0 aliphatic rings. The van der Waals surface area contributed by atoms with Gasteiger partial charge in [-0.15, -0.1) is 0 Å². The van der Waals surface area contributed by atoms with Crippen molar-refractivity contribution in [2.45, 2.75) is 53.1 Å². The largest absolute Gasteiger partial charge is 0.356 e. The molecule has 1 amide bonds. The summed E-state index contributed by atoms with van der Waals surface area (Å²) < 4.78 is 0. The molecule has 0 aromatic heterocycles. The first-order valence-corrected chi connectivity index (χ1v) is 6.63. The Bertz CT molecular complexity index is 274. The molecule has 18 heavy (non-hydrogen) atoms. The van der Waals surface area contributed by atoms with Gasteiger partial charge in [0.25, 0.3) is 0 Å². The summed E-state index contributed by atoms with van der Waals surface area (Å²) in [5.41, 5.74) is 0. The smallest absolute Gasteiger partial charge is 0.221 e. The molecule has 106 valence electrons. The van der Waals surface area contributed by atoms with E-state index in [1.165, 1.54) is 0 Å². The molecule has 0 saturated heterocycles. The minimum atomic E-state index is 0.0601. The van der Waals surface area contributed by atoms with Crippen molar-refractivity contribution in [2.75, 3.05) is 13.6 Å². The average Bonchev–Trinajstić information content (AvgIpc) is 2.26. The van der Waals surface area contributed by atoms with Crippen LogP contribution in [0.25, 0.3) is 0 Å². The summed E-state index contributed by atoms with van der Waals surface area (Å²) in [4.78, 5) is 15.6. The van der Waals surface area contributed by atoms with Gasteiger partial charge in [-0.2, -0.15) is 0 Å². The quantitative estimate of drug-likeness (QED) is 0.493. The summed E-state index contributed by atoms with van der Waals surface area (Å²) in [5, 5.41) is 9.28. The zero-order chi connectivity index (χ0) is 14.1. The number of hydrogen-bond donors (Lipinski definition) is 3. The van der Waals surface area contributed by atoms with Gasteiger partial charge in [-0.1, -0.05) is 13.8 Å². The van der Waals surface area contributed by atoms with Crippen LogP contribution in [-0.2, 0) is 4.79 Å². The molecule has 0 spiro atoms. The van der Waals surface area contributed by atoms with E-state index in [9.17, 15) is 4.79 Å². The molecule has 0 fully saturated rings. The monoisotopic (exact) mass is 256 g/mol. The lowest BCUT2D eigenvalue weighted by Gasteiger charge is -2.20. The molecule has 0 rings (SSSR count). The molecule has 0 aliphatic carbocycles. The average molecular weight is 256 g/mol. The van der Waals surface area contributed by atoms with Gasteiger partial charge in [0.2, 0.25) is 5.91 Å². The number of guanidine groups is 1. The van der Waals surface area contributed by atoms with Gasteiger partial charge in [0.05, 0.1) is 0 Å². The van der Waals surface area contributed by atoms with Crippen LogP contribution in [0.1, 0.15) is 41.0 Å². The molecular weight excluding hydrogens is 228 g/mol. The van der Waals surface area contributed by atoms with E-state index in [4.69, 9.17) is 0 Å². The van der Waals surface area contributed by atoms with Gasteiger partial charge in [-0.3, -0.25) is 9.79 Å². The Morgan fingerprint density at radius 3 is 2.17 bits per heavy atom. The number of nitrogens with zero attached hydrogens (tertiary/aromatic N) is 1. The molecular formula is C13H28N4O. The maximum atomic E-state index is 11.4. The van der Waals surface area contributed by atoms with E-state index in [0.717, 1.165) is 5.96 Å². The predicted octanol–water partition coefficient (Wildman–Crippen LogP) is 1.11. The van der Waals surface area contributed by atoms with Gasteiger partial charge < -0.3 is 16.0 Å². The highest BCUT2D eigenvalue weighted by Crippen LogP contribution is 1.98. The van der Waals surface area contributed by atoms with Crippen molar-refractivity contribution in [1.82, 2.24) is 16.0 Å². The van der Waals surface area contributed by atoms with Crippen LogP contribution in [0.15, 0.2) is 4.99 Å². The summed E-state index contributed by atoms with van der Waals surface area (Å²) in [6, 6.07) is 0.539. The van der Waals surface area contributed by atoms with Crippen LogP contribution in [0.2, 0.25) is 0 Å². The summed E-state index contributed by atoms with van der Waals surface area (Å²) in [7, 11) is 1.73. The van der Waals surface area contributed by atoms with E-state index in [2.05, 4.69) is 41.7 Å². The maximum absolute atomic E-state index is 11.4. The number of rotatable bonds is 6. The van der Waals surface area contributed by atoms with E-state index in [1.54, 1.807) is 7.05 Å². The van der Waals surface area contributed by atoms with Crippen molar-refractivity contribution < 1.29 is 4.79 Å². The number of carbonyl (C=O) groups excluding carboxylic acids is 1. The Labute approximate surface area is 111 Å². The Morgan fingerprint density at radius 1 is 1.11 bits per heavy atom. The molecule has 1 unspecified atom stereocenters. The number of aliphatic imine (C=N–C) groups is 1. The standard InChI is InChI=1S/C13H28N4O/c1-9(2)11(5)17-13(14-6)15-8-7-12(18)16-10(3)4/h9-11H,7-8H2,1-6H3,(H,16,18)(H2,14,15,17). The van der Waals surface area contributed by atoms with Crippen LogP contribution in [0.3, 0.4) is 0 Å². The fourth-order valence-corrected chi connectivity index (χ4v) is 1.27. The van der Waals surface area contributed by atoms with E-state index in [1.807, 2.05) is 13.8 Å². The fraction of sp³-hybridized carbons (Fsp3) is 0.846. The first kappa shape index (κ1) is 16.7.